The van der Waals surface area contributed by atoms with Crippen LogP contribution in [0, 0.1) is 0 Å². The average molecular weight is 175 g/mol. The Labute approximate surface area is 82.3 Å². The summed E-state index contributed by atoms with van der Waals surface area (Å²) in [5, 5.41) is 3.28. The maximum Gasteiger partial charge on any atom is 0.0267 e. The third-order valence-corrected chi connectivity index (χ3v) is 1.77. The van der Waals surface area contributed by atoms with E-state index in [-0.39, 0.29) is 8.41 Å². The molecule has 2 rings (SSSR count). The zero-order chi connectivity index (χ0) is 8.49. The lowest BCUT2D eigenvalue weighted by Crippen LogP contribution is -2.21. The van der Waals surface area contributed by atoms with Gasteiger partial charge in [0.2, 0.25) is 0 Å². The van der Waals surface area contributed by atoms with Crippen LogP contribution in [0.4, 0.5) is 0 Å². The van der Waals surface area contributed by atoms with Crippen LogP contribution < -0.4 is 5.32 Å². The number of piperidine rings is 1. The molecule has 0 saturated carbocycles. The summed E-state index contributed by atoms with van der Waals surface area (Å²) in [5.41, 5.74) is 0. The van der Waals surface area contributed by atoms with Crippen molar-refractivity contribution < 1.29 is 0 Å². The largest absolute Gasteiger partial charge is 0.317 e. The molecule has 1 fully saturated rings. The molecule has 0 bridgehead atoms. The Balaban J connectivity index is 0.000000206. The van der Waals surface area contributed by atoms with Crippen LogP contribution in [0.2, 0.25) is 0 Å². The Hall–Kier alpha value is -0.825. The van der Waals surface area contributed by atoms with Crippen molar-refractivity contribution in [1.29, 1.82) is 0 Å². The minimum Gasteiger partial charge on any atom is -0.317 e. The highest BCUT2D eigenvalue weighted by Crippen LogP contribution is 1.96. The van der Waals surface area contributed by atoms with Crippen molar-refractivity contribution in [3.8, 4) is 0 Å². The first-order chi connectivity index (χ1) is 6.00. The van der Waals surface area contributed by atoms with Crippen LogP contribution in [0.3, 0.4) is 0 Å². The van der Waals surface area contributed by atoms with E-state index in [1.165, 1.54) is 32.4 Å². The molecule has 3 radical (unpaired) electrons. The van der Waals surface area contributed by atoms with E-state index >= 15 is 0 Å². The summed E-state index contributed by atoms with van der Waals surface area (Å²) in [6, 6.07) is 5.72. The molecule has 2 heterocycles. The fourth-order valence-corrected chi connectivity index (χ4v) is 1.11. The highest BCUT2D eigenvalue weighted by Gasteiger charge is 1.93. The maximum absolute atomic E-state index is 3.78. The highest BCUT2D eigenvalue weighted by atomic mass is 14.9. The van der Waals surface area contributed by atoms with Crippen LogP contribution in [0.5, 0.6) is 0 Å². The van der Waals surface area contributed by atoms with Crippen molar-refractivity contribution in [2.24, 2.45) is 0 Å². The number of rotatable bonds is 0. The molecule has 0 amide bonds. The van der Waals surface area contributed by atoms with Gasteiger partial charge in [0, 0.05) is 20.8 Å². The molecule has 2 nitrogen and oxygen atoms in total. The van der Waals surface area contributed by atoms with Crippen molar-refractivity contribution >= 4 is 8.41 Å². The Morgan fingerprint density at radius 2 is 1.46 bits per heavy atom. The van der Waals surface area contributed by atoms with Crippen molar-refractivity contribution in [1.82, 2.24) is 10.3 Å². The number of aromatic nitrogens is 1. The standard InChI is InChI=1S/C5H11N.C5H5N.B/c2*1-2-4-6-5-3-1;/h6H,1-5H2;1-5H;. The van der Waals surface area contributed by atoms with Crippen molar-refractivity contribution in [2.75, 3.05) is 13.1 Å². The molecule has 0 unspecified atom stereocenters. The molecule has 69 valence electrons. The van der Waals surface area contributed by atoms with Gasteiger partial charge < -0.3 is 5.32 Å². The molecule has 0 aromatic carbocycles. The minimum atomic E-state index is 0. The van der Waals surface area contributed by atoms with Gasteiger partial charge in [0.05, 0.1) is 0 Å². The van der Waals surface area contributed by atoms with Gasteiger partial charge in [-0.25, -0.2) is 0 Å². The van der Waals surface area contributed by atoms with Crippen LogP contribution in [-0.2, 0) is 0 Å². The lowest BCUT2D eigenvalue weighted by molar-refractivity contribution is 0.520. The lowest BCUT2D eigenvalue weighted by atomic mass is 10.2. The zero-order valence-corrected chi connectivity index (χ0v) is 7.95. The van der Waals surface area contributed by atoms with E-state index in [1.54, 1.807) is 12.4 Å². The summed E-state index contributed by atoms with van der Waals surface area (Å²) in [6.45, 7) is 2.50. The summed E-state index contributed by atoms with van der Waals surface area (Å²) in [4.78, 5) is 3.78. The highest BCUT2D eigenvalue weighted by molar-refractivity contribution is 5.75. The van der Waals surface area contributed by atoms with Crippen molar-refractivity contribution in [3.05, 3.63) is 30.6 Å². The van der Waals surface area contributed by atoms with Gasteiger partial charge >= 0.3 is 0 Å². The Kier molecular flexibility index (Phi) is 8.68. The first kappa shape index (κ1) is 12.2. The van der Waals surface area contributed by atoms with Crippen LogP contribution >= 0.6 is 0 Å². The fourth-order valence-electron chi connectivity index (χ4n) is 1.11. The van der Waals surface area contributed by atoms with Gasteiger partial charge in [-0.3, -0.25) is 4.98 Å². The number of nitrogens with one attached hydrogen (secondary N) is 1. The molecule has 1 aromatic rings. The molecule has 1 aromatic heterocycles. The normalized spacial score (nSPS) is 14.8. The van der Waals surface area contributed by atoms with E-state index in [4.69, 9.17) is 0 Å². The van der Waals surface area contributed by atoms with Crippen LogP contribution in [0.25, 0.3) is 0 Å². The fraction of sp³-hybridized carbons (Fsp3) is 0.500. The number of pyridine rings is 1. The van der Waals surface area contributed by atoms with Gasteiger partial charge in [0.15, 0.2) is 0 Å². The SMILES string of the molecule is C1CCNCC1.[B].c1ccncc1. The van der Waals surface area contributed by atoms with Gasteiger partial charge in [-0.15, -0.1) is 0 Å². The van der Waals surface area contributed by atoms with Crippen LogP contribution in [-0.4, -0.2) is 26.5 Å². The van der Waals surface area contributed by atoms with Crippen LogP contribution in [0.1, 0.15) is 19.3 Å². The lowest BCUT2D eigenvalue weighted by Gasteiger charge is -2.08. The predicted molar refractivity (Wildman–Crippen MR) is 56.7 cm³/mol. The number of nitrogens with zero attached hydrogens (tertiary/aromatic N) is 1. The number of hydrogen-bond donors (Lipinski definition) is 1. The molecule has 3 heteroatoms. The van der Waals surface area contributed by atoms with E-state index in [0.717, 1.165) is 0 Å². The van der Waals surface area contributed by atoms with E-state index in [9.17, 15) is 0 Å². The third kappa shape index (κ3) is 7.53. The minimum absolute atomic E-state index is 0. The van der Waals surface area contributed by atoms with Crippen molar-refractivity contribution in [2.45, 2.75) is 19.3 Å². The third-order valence-electron chi connectivity index (χ3n) is 1.77. The smallest absolute Gasteiger partial charge is 0.0267 e. The summed E-state index contributed by atoms with van der Waals surface area (Å²) in [7, 11) is 0. The van der Waals surface area contributed by atoms with Crippen LogP contribution in [0.15, 0.2) is 30.6 Å². The summed E-state index contributed by atoms with van der Waals surface area (Å²) < 4.78 is 0. The summed E-state index contributed by atoms with van der Waals surface area (Å²) >= 11 is 0. The Morgan fingerprint density at radius 1 is 0.846 bits per heavy atom. The zero-order valence-electron chi connectivity index (χ0n) is 7.95. The monoisotopic (exact) mass is 175 g/mol. The van der Waals surface area contributed by atoms with E-state index in [0.29, 0.717) is 0 Å². The molecule has 1 aliphatic rings. The molecule has 0 aliphatic carbocycles. The first-order valence-electron chi connectivity index (χ1n) is 4.56. The topological polar surface area (TPSA) is 24.9 Å². The molecular weight excluding hydrogens is 159 g/mol. The molecule has 0 spiro atoms. The van der Waals surface area contributed by atoms with E-state index in [1.807, 2.05) is 18.2 Å². The summed E-state index contributed by atoms with van der Waals surface area (Å²) in [5.74, 6) is 0. The van der Waals surface area contributed by atoms with Gasteiger partial charge in [-0.2, -0.15) is 0 Å². The second-order valence-corrected chi connectivity index (χ2v) is 2.84. The maximum atomic E-state index is 3.78. The van der Waals surface area contributed by atoms with E-state index in [2.05, 4.69) is 10.3 Å². The first-order valence-corrected chi connectivity index (χ1v) is 4.56. The second kappa shape index (κ2) is 9.26. The molecular formula is C10H16BN2. The van der Waals surface area contributed by atoms with E-state index < -0.39 is 0 Å². The summed E-state index contributed by atoms with van der Waals surface area (Å²) in [6.07, 6.45) is 7.72. The Morgan fingerprint density at radius 3 is 1.62 bits per heavy atom. The molecule has 13 heavy (non-hydrogen) atoms. The van der Waals surface area contributed by atoms with Gasteiger partial charge in [0.25, 0.3) is 0 Å². The molecule has 1 aliphatic heterocycles. The predicted octanol–water partition coefficient (Wildman–Crippen LogP) is 1.46. The second-order valence-electron chi connectivity index (χ2n) is 2.84. The average Bonchev–Trinajstić information content (AvgIpc) is 2.24. The molecule has 1 N–H and O–H groups in total. The van der Waals surface area contributed by atoms with Crippen molar-refractivity contribution in [3.63, 3.8) is 0 Å². The van der Waals surface area contributed by atoms with Gasteiger partial charge in [0.1, 0.15) is 0 Å². The van der Waals surface area contributed by atoms with Gasteiger partial charge in [-0.05, 0) is 38.1 Å². The van der Waals surface area contributed by atoms with Gasteiger partial charge in [-0.1, -0.05) is 12.5 Å². The quantitative estimate of drug-likeness (QED) is 0.603. The molecule has 1 saturated heterocycles. The molecule has 0 atom stereocenters. The Bertz CT molecular complexity index is 137. The number of hydrogen-bond acceptors (Lipinski definition) is 2.